The van der Waals surface area contributed by atoms with Gasteiger partial charge in [-0.15, -0.1) is 0 Å². The zero-order valence-electron chi connectivity index (χ0n) is 11.5. The van der Waals surface area contributed by atoms with Gasteiger partial charge in [0.2, 0.25) is 10.0 Å². The molecule has 2 rings (SSSR count). The molecule has 1 aromatic rings. The minimum absolute atomic E-state index is 0.0294. The Kier molecular flexibility index (Phi) is 4.77. The first-order chi connectivity index (χ1) is 9.54. The molecule has 1 aliphatic rings. The van der Waals surface area contributed by atoms with Crippen molar-refractivity contribution < 1.29 is 17.9 Å². The number of hydrogen-bond donors (Lipinski definition) is 1. The molecule has 1 aliphatic carbocycles. The molecule has 1 fully saturated rings. The largest absolute Gasteiger partial charge is 0.465 e. The van der Waals surface area contributed by atoms with Crippen LogP contribution in [0.3, 0.4) is 0 Å². The standard InChI is InChI=1S/C14H19NO4S/c1-19-14(16)12-6-2-3-7-13(12)20(17,18)15-10-4-5-11-8-9-11/h2-3,6-7,11,15H,4-5,8-10H2,1H3. The lowest BCUT2D eigenvalue weighted by molar-refractivity contribution is 0.0596. The number of carbonyl (C=O) groups is 1. The molecule has 5 nitrogen and oxygen atoms in total. The van der Waals surface area contributed by atoms with E-state index in [1.807, 2.05) is 0 Å². The Balaban J connectivity index is 2.05. The molecular weight excluding hydrogens is 278 g/mol. The molecule has 110 valence electrons. The number of nitrogens with one attached hydrogen (secondary N) is 1. The smallest absolute Gasteiger partial charge is 0.339 e. The highest BCUT2D eigenvalue weighted by atomic mass is 32.2. The summed E-state index contributed by atoms with van der Waals surface area (Å²) in [5, 5.41) is 0. The summed E-state index contributed by atoms with van der Waals surface area (Å²) in [6.07, 6.45) is 4.40. The average Bonchev–Trinajstić information content (AvgIpc) is 3.27. The first kappa shape index (κ1) is 15.0. The third-order valence-corrected chi connectivity index (χ3v) is 4.88. The minimum atomic E-state index is -3.67. The molecule has 0 atom stereocenters. The summed E-state index contributed by atoms with van der Waals surface area (Å²) in [6, 6.07) is 6.06. The zero-order valence-corrected chi connectivity index (χ0v) is 12.3. The summed E-state index contributed by atoms with van der Waals surface area (Å²) < 4.78 is 31.6. The van der Waals surface area contributed by atoms with E-state index >= 15 is 0 Å². The molecule has 0 amide bonds. The molecule has 1 N–H and O–H groups in total. The number of carbonyl (C=O) groups excluding carboxylic acids is 1. The lowest BCUT2D eigenvalue weighted by atomic mass is 10.2. The summed E-state index contributed by atoms with van der Waals surface area (Å²) in [4.78, 5) is 11.6. The topological polar surface area (TPSA) is 72.5 Å². The Morgan fingerprint density at radius 2 is 2.05 bits per heavy atom. The summed E-state index contributed by atoms with van der Waals surface area (Å²) in [5.41, 5.74) is 0.0599. The van der Waals surface area contributed by atoms with Crippen molar-refractivity contribution in [2.45, 2.75) is 30.6 Å². The third-order valence-electron chi connectivity index (χ3n) is 3.36. The van der Waals surface area contributed by atoms with Crippen LogP contribution in [0.2, 0.25) is 0 Å². The van der Waals surface area contributed by atoms with Crippen LogP contribution in [0.1, 0.15) is 36.0 Å². The first-order valence-electron chi connectivity index (χ1n) is 6.71. The Morgan fingerprint density at radius 3 is 2.70 bits per heavy atom. The van der Waals surface area contributed by atoms with Crippen LogP contribution in [0.5, 0.6) is 0 Å². The van der Waals surface area contributed by atoms with Gasteiger partial charge < -0.3 is 4.74 Å². The molecule has 1 saturated carbocycles. The van der Waals surface area contributed by atoms with Gasteiger partial charge in [-0.25, -0.2) is 17.9 Å². The van der Waals surface area contributed by atoms with Gasteiger partial charge in [0.15, 0.2) is 0 Å². The fourth-order valence-electron chi connectivity index (χ4n) is 2.06. The van der Waals surface area contributed by atoms with Crippen molar-refractivity contribution in [3.05, 3.63) is 29.8 Å². The molecule has 0 saturated heterocycles. The molecule has 0 aromatic heterocycles. The van der Waals surface area contributed by atoms with Crippen LogP contribution in [-0.4, -0.2) is 28.0 Å². The van der Waals surface area contributed by atoms with Gasteiger partial charge in [0, 0.05) is 6.54 Å². The highest BCUT2D eigenvalue weighted by Crippen LogP contribution is 2.33. The fraction of sp³-hybridized carbons (Fsp3) is 0.500. The molecule has 0 bridgehead atoms. The lowest BCUT2D eigenvalue weighted by Crippen LogP contribution is -2.26. The van der Waals surface area contributed by atoms with E-state index in [1.54, 1.807) is 12.1 Å². The van der Waals surface area contributed by atoms with Gasteiger partial charge in [0.1, 0.15) is 0 Å². The monoisotopic (exact) mass is 297 g/mol. The number of hydrogen-bond acceptors (Lipinski definition) is 4. The SMILES string of the molecule is COC(=O)c1ccccc1S(=O)(=O)NCCCC1CC1. The highest BCUT2D eigenvalue weighted by Gasteiger charge is 2.23. The molecule has 0 radical (unpaired) electrons. The average molecular weight is 297 g/mol. The van der Waals surface area contributed by atoms with Gasteiger partial charge in [0.25, 0.3) is 0 Å². The van der Waals surface area contributed by atoms with Crippen LogP contribution in [0.15, 0.2) is 29.2 Å². The van der Waals surface area contributed by atoms with Gasteiger partial charge in [0.05, 0.1) is 17.6 Å². The third kappa shape index (κ3) is 3.80. The summed E-state index contributed by atoms with van der Waals surface area (Å²) in [7, 11) is -2.44. The Labute approximate surface area is 119 Å². The van der Waals surface area contributed by atoms with E-state index in [-0.39, 0.29) is 10.5 Å². The maximum Gasteiger partial charge on any atom is 0.339 e. The Bertz CT molecular complexity index is 579. The van der Waals surface area contributed by atoms with Crippen LogP contribution >= 0.6 is 0 Å². The van der Waals surface area contributed by atoms with Crippen molar-refractivity contribution in [2.75, 3.05) is 13.7 Å². The van der Waals surface area contributed by atoms with Crippen molar-refractivity contribution in [2.24, 2.45) is 5.92 Å². The number of rotatable bonds is 7. The van der Waals surface area contributed by atoms with Gasteiger partial charge in [-0.1, -0.05) is 25.0 Å². The van der Waals surface area contributed by atoms with Crippen molar-refractivity contribution in [1.29, 1.82) is 0 Å². The van der Waals surface area contributed by atoms with Gasteiger partial charge in [-0.3, -0.25) is 0 Å². The fourth-order valence-corrected chi connectivity index (χ4v) is 3.33. The lowest BCUT2D eigenvalue weighted by Gasteiger charge is -2.10. The second kappa shape index (κ2) is 6.37. The molecule has 0 unspecified atom stereocenters. The summed E-state index contributed by atoms with van der Waals surface area (Å²) >= 11 is 0. The molecule has 0 heterocycles. The quantitative estimate of drug-likeness (QED) is 0.616. The maximum absolute atomic E-state index is 12.2. The minimum Gasteiger partial charge on any atom is -0.465 e. The van der Waals surface area contributed by atoms with E-state index < -0.39 is 16.0 Å². The maximum atomic E-state index is 12.2. The summed E-state index contributed by atoms with van der Waals surface area (Å²) in [6.45, 7) is 0.397. The number of methoxy groups -OCH3 is 1. The molecule has 20 heavy (non-hydrogen) atoms. The summed E-state index contributed by atoms with van der Waals surface area (Å²) in [5.74, 6) is 0.130. The molecule has 0 spiro atoms. The molecule has 6 heteroatoms. The first-order valence-corrected chi connectivity index (χ1v) is 8.20. The van der Waals surface area contributed by atoms with Gasteiger partial charge in [-0.05, 0) is 30.9 Å². The van der Waals surface area contributed by atoms with E-state index in [0.717, 1.165) is 18.8 Å². The van der Waals surface area contributed by atoms with Gasteiger partial charge >= 0.3 is 5.97 Å². The van der Waals surface area contributed by atoms with E-state index in [0.29, 0.717) is 6.54 Å². The van der Waals surface area contributed by atoms with E-state index in [4.69, 9.17) is 0 Å². The van der Waals surface area contributed by atoms with E-state index in [2.05, 4.69) is 9.46 Å². The van der Waals surface area contributed by atoms with Crippen LogP contribution in [0.4, 0.5) is 0 Å². The number of benzene rings is 1. The zero-order chi connectivity index (χ0) is 14.6. The predicted molar refractivity (Wildman–Crippen MR) is 74.9 cm³/mol. The Hall–Kier alpha value is -1.40. The Morgan fingerprint density at radius 1 is 1.35 bits per heavy atom. The molecular formula is C14H19NO4S. The molecule has 0 aliphatic heterocycles. The van der Waals surface area contributed by atoms with Gasteiger partial charge in [-0.2, -0.15) is 0 Å². The van der Waals surface area contributed by atoms with Crippen molar-refractivity contribution in [3.8, 4) is 0 Å². The predicted octanol–water partition coefficient (Wildman–Crippen LogP) is 1.94. The highest BCUT2D eigenvalue weighted by molar-refractivity contribution is 7.89. The van der Waals surface area contributed by atoms with Crippen molar-refractivity contribution in [3.63, 3.8) is 0 Å². The van der Waals surface area contributed by atoms with Crippen LogP contribution in [-0.2, 0) is 14.8 Å². The van der Waals surface area contributed by atoms with E-state index in [1.165, 1.54) is 32.1 Å². The van der Waals surface area contributed by atoms with Crippen LogP contribution < -0.4 is 4.72 Å². The normalized spacial score (nSPS) is 15.1. The second-order valence-electron chi connectivity index (χ2n) is 4.97. The van der Waals surface area contributed by atoms with Crippen molar-refractivity contribution >= 4 is 16.0 Å². The van der Waals surface area contributed by atoms with Crippen LogP contribution in [0, 0.1) is 5.92 Å². The van der Waals surface area contributed by atoms with Crippen LogP contribution in [0.25, 0.3) is 0 Å². The van der Waals surface area contributed by atoms with E-state index in [9.17, 15) is 13.2 Å². The molecule has 1 aromatic carbocycles. The van der Waals surface area contributed by atoms with Crippen molar-refractivity contribution in [1.82, 2.24) is 4.72 Å². The second-order valence-corrected chi connectivity index (χ2v) is 6.71. The number of ether oxygens (including phenoxy) is 1. The number of sulfonamides is 1. The number of esters is 1.